The Morgan fingerprint density at radius 2 is 1.62 bits per heavy atom. The first-order chi connectivity index (χ1) is 12.8. The fraction of sp³-hybridized carbons (Fsp3) is 0.136. The molecule has 0 saturated carbocycles. The molecular weight excluding hydrogens is 326 g/mol. The van der Waals surface area contributed by atoms with E-state index in [0.717, 1.165) is 28.2 Å². The molecule has 0 unspecified atom stereocenters. The second kappa shape index (κ2) is 8.72. The van der Waals surface area contributed by atoms with E-state index in [0.29, 0.717) is 18.7 Å². The Morgan fingerprint density at radius 1 is 0.846 bits per heavy atom. The number of ether oxygens (including phenoxy) is 2. The van der Waals surface area contributed by atoms with Gasteiger partial charge in [0.05, 0.1) is 12.8 Å². The largest absolute Gasteiger partial charge is 0.497 e. The Balaban J connectivity index is 1.70. The normalized spacial score (nSPS) is 11.2. The number of nitrogens with zero attached hydrogens (tertiary/aromatic N) is 1. The molecular formula is C22H21NO3. The van der Waals surface area contributed by atoms with E-state index in [4.69, 9.17) is 9.47 Å². The standard InChI is InChI=1S/C22H21NO3/c1-25-20-12-10-17(11-13-20)14-22(23-24)19-8-5-9-21(15-19)26-16-18-6-3-2-4-7-18/h2-13,15,24H,14,16H2,1H3. The Kier molecular flexibility index (Phi) is 5.88. The quantitative estimate of drug-likeness (QED) is 0.383. The maximum atomic E-state index is 9.46. The molecule has 3 rings (SSSR count). The first-order valence-corrected chi connectivity index (χ1v) is 8.39. The van der Waals surface area contributed by atoms with Crippen LogP contribution in [-0.4, -0.2) is 18.0 Å². The van der Waals surface area contributed by atoms with Gasteiger partial charge in [0, 0.05) is 12.0 Å². The van der Waals surface area contributed by atoms with Crippen molar-refractivity contribution in [2.24, 2.45) is 5.16 Å². The summed E-state index contributed by atoms with van der Waals surface area (Å²) in [6.45, 7) is 0.494. The predicted molar refractivity (Wildman–Crippen MR) is 102 cm³/mol. The molecule has 0 spiro atoms. The van der Waals surface area contributed by atoms with Gasteiger partial charge in [-0.15, -0.1) is 0 Å². The van der Waals surface area contributed by atoms with Crippen LogP contribution in [0.5, 0.6) is 11.5 Å². The van der Waals surface area contributed by atoms with Crippen molar-refractivity contribution in [3.63, 3.8) is 0 Å². The minimum Gasteiger partial charge on any atom is -0.497 e. The summed E-state index contributed by atoms with van der Waals surface area (Å²) in [4.78, 5) is 0. The molecule has 132 valence electrons. The lowest BCUT2D eigenvalue weighted by Crippen LogP contribution is -2.06. The smallest absolute Gasteiger partial charge is 0.120 e. The summed E-state index contributed by atoms with van der Waals surface area (Å²) >= 11 is 0. The van der Waals surface area contributed by atoms with E-state index >= 15 is 0 Å². The van der Waals surface area contributed by atoms with E-state index in [1.807, 2.05) is 78.9 Å². The second-order valence-electron chi connectivity index (χ2n) is 5.87. The Labute approximate surface area is 153 Å². The summed E-state index contributed by atoms with van der Waals surface area (Å²) in [7, 11) is 1.64. The zero-order valence-electron chi connectivity index (χ0n) is 14.6. The van der Waals surface area contributed by atoms with Gasteiger partial charge in [-0.05, 0) is 35.4 Å². The number of rotatable bonds is 7. The maximum Gasteiger partial charge on any atom is 0.120 e. The highest BCUT2D eigenvalue weighted by Gasteiger charge is 2.08. The van der Waals surface area contributed by atoms with Crippen LogP contribution in [0.3, 0.4) is 0 Å². The van der Waals surface area contributed by atoms with Gasteiger partial charge in [-0.2, -0.15) is 0 Å². The fourth-order valence-electron chi connectivity index (χ4n) is 2.64. The summed E-state index contributed by atoms with van der Waals surface area (Å²) in [6, 6.07) is 25.3. The average Bonchev–Trinajstić information content (AvgIpc) is 2.72. The van der Waals surface area contributed by atoms with Gasteiger partial charge in [0.15, 0.2) is 0 Å². The van der Waals surface area contributed by atoms with Crippen molar-refractivity contribution in [3.8, 4) is 11.5 Å². The van der Waals surface area contributed by atoms with Crippen molar-refractivity contribution in [1.29, 1.82) is 0 Å². The van der Waals surface area contributed by atoms with Crippen LogP contribution in [0.4, 0.5) is 0 Å². The molecule has 0 saturated heterocycles. The van der Waals surface area contributed by atoms with Crippen molar-refractivity contribution in [2.45, 2.75) is 13.0 Å². The first-order valence-electron chi connectivity index (χ1n) is 8.39. The van der Waals surface area contributed by atoms with Crippen molar-refractivity contribution in [2.75, 3.05) is 7.11 Å². The van der Waals surface area contributed by atoms with Gasteiger partial charge in [0.2, 0.25) is 0 Å². The van der Waals surface area contributed by atoms with Crippen LogP contribution >= 0.6 is 0 Å². The van der Waals surface area contributed by atoms with E-state index < -0.39 is 0 Å². The van der Waals surface area contributed by atoms with Gasteiger partial charge in [-0.3, -0.25) is 0 Å². The number of oxime groups is 1. The third-order valence-corrected chi connectivity index (χ3v) is 4.07. The van der Waals surface area contributed by atoms with Crippen molar-refractivity contribution < 1.29 is 14.7 Å². The molecule has 4 heteroatoms. The second-order valence-corrected chi connectivity index (χ2v) is 5.87. The molecule has 0 atom stereocenters. The van der Waals surface area contributed by atoms with Crippen LogP contribution < -0.4 is 9.47 Å². The molecule has 3 aromatic carbocycles. The molecule has 3 aromatic rings. The molecule has 0 amide bonds. The summed E-state index contributed by atoms with van der Waals surface area (Å²) in [5.74, 6) is 1.54. The van der Waals surface area contributed by atoms with E-state index in [2.05, 4.69) is 5.16 Å². The zero-order chi connectivity index (χ0) is 18.2. The Hall–Kier alpha value is -3.27. The lowest BCUT2D eigenvalue weighted by atomic mass is 10.0. The van der Waals surface area contributed by atoms with Crippen LogP contribution in [0, 0.1) is 0 Å². The number of methoxy groups -OCH3 is 1. The van der Waals surface area contributed by atoms with Crippen LogP contribution in [-0.2, 0) is 13.0 Å². The third kappa shape index (κ3) is 4.63. The van der Waals surface area contributed by atoms with Gasteiger partial charge < -0.3 is 14.7 Å². The highest BCUT2D eigenvalue weighted by Crippen LogP contribution is 2.18. The SMILES string of the molecule is COc1ccc(CC(=NO)c2cccc(OCc3ccccc3)c2)cc1. The first kappa shape index (κ1) is 17.5. The lowest BCUT2D eigenvalue weighted by Gasteiger charge is -2.10. The van der Waals surface area contributed by atoms with Gasteiger partial charge in [-0.25, -0.2) is 0 Å². The number of benzene rings is 3. The summed E-state index contributed by atoms with van der Waals surface area (Å²) in [5, 5.41) is 12.9. The van der Waals surface area contributed by atoms with E-state index in [9.17, 15) is 5.21 Å². The molecule has 0 aliphatic heterocycles. The van der Waals surface area contributed by atoms with Crippen molar-refractivity contribution >= 4 is 5.71 Å². The molecule has 4 nitrogen and oxygen atoms in total. The van der Waals surface area contributed by atoms with Gasteiger partial charge >= 0.3 is 0 Å². The Morgan fingerprint density at radius 3 is 2.31 bits per heavy atom. The molecule has 0 fully saturated rings. The monoisotopic (exact) mass is 347 g/mol. The van der Waals surface area contributed by atoms with Gasteiger partial charge in [-0.1, -0.05) is 59.8 Å². The Bertz CT molecular complexity index is 858. The summed E-state index contributed by atoms with van der Waals surface area (Å²) < 4.78 is 11.0. The van der Waals surface area contributed by atoms with Gasteiger partial charge in [0.1, 0.15) is 18.1 Å². The molecule has 0 aliphatic carbocycles. The minimum absolute atomic E-state index is 0.494. The number of hydrogen-bond donors (Lipinski definition) is 1. The molecule has 0 radical (unpaired) electrons. The minimum atomic E-state index is 0.494. The summed E-state index contributed by atoms with van der Waals surface area (Å²) in [6.07, 6.45) is 0.517. The van der Waals surface area contributed by atoms with Crippen LogP contribution in [0.25, 0.3) is 0 Å². The van der Waals surface area contributed by atoms with Crippen molar-refractivity contribution in [3.05, 3.63) is 95.6 Å². The van der Waals surface area contributed by atoms with Crippen molar-refractivity contribution in [1.82, 2.24) is 0 Å². The molecule has 0 aliphatic rings. The third-order valence-electron chi connectivity index (χ3n) is 4.07. The fourth-order valence-corrected chi connectivity index (χ4v) is 2.64. The predicted octanol–water partition coefficient (Wildman–Crippen LogP) is 4.70. The van der Waals surface area contributed by atoms with Crippen LogP contribution in [0.15, 0.2) is 84.0 Å². The lowest BCUT2D eigenvalue weighted by molar-refractivity contribution is 0.306. The molecule has 0 aromatic heterocycles. The zero-order valence-corrected chi connectivity index (χ0v) is 14.6. The summed E-state index contributed by atoms with van der Waals surface area (Å²) in [5.41, 5.74) is 3.55. The van der Waals surface area contributed by atoms with Crippen LogP contribution in [0.1, 0.15) is 16.7 Å². The molecule has 0 bridgehead atoms. The topological polar surface area (TPSA) is 51.0 Å². The van der Waals surface area contributed by atoms with E-state index in [1.165, 1.54) is 0 Å². The maximum absolute atomic E-state index is 9.46. The molecule has 0 heterocycles. The highest BCUT2D eigenvalue weighted by atomic mass is 16.5. The van der Waals surface area contributed by atoms with E-state index in [1.54, 1.807) is 7.11 Å². The molecule has 26 heavy (non-hydrogen) atoms. The average molecular weight is 347 g/mol. The number of hydrogen-bond acceptors (Lipinski definition) is 4. The van der Waals surface area contributed by atoms with Gasteiger partial charge in [0.25, 0.3) is 0 Å². The van der Waals surface area contributed by atoms with E-state index in [-0.39, 0.29) is 0 Å². The highest BCUT2D eigenvalue weighted by molar-refractivity contribution is 6.01. The molecule has 1 N–H and O–H groups in total. The van der Waals surface area contributed by atoms with Crippen LogP contribution in [0.2, 0.25) is 0 Å².